The van der Waals surface area contributed by atoms with E-state index < -0.39 is 0 Å². The van der Waals surface area contributed by atoms with Crippen LogP contribution in [0.1, 0.15) is 19.8 Å². The molecule has 0 fully saturated rings. The smallest absolute Gasteiger partial charge is 0.281 e. The van der Waals surface area contributed by atoms with Gasteiger partial charge in [0.2, 0.25) is 0 Å². The maximum Gasteiger partial charge on any atom is 0.318 e. The van der Waals surface area contributed by atoms with Gasteiger partial charge in [-0.25, -0.2) is 0 Å². The molecular formula is C6H9NOS3. The third-order valence-corrected chi connectivity index (χ3v) is 4.11. The van der Waals surface area contributed by atoms with E-state index in [0.717, 1.165) is 19.4 Å². The molecule has 1 aromatic rings. The lowest BCUT2D eigenvalue weighted by molar-refractivity contribution is 0.622. The van der Waals surface area contributed by atoms with Crippen molar-refractivity contribution in [2.75, 3.05) is 0 Å². The van der Waals surface area contributed by atoms with Crippen LogP contribution in [0.25, 0.3) is 0 Å². The fourth-order valence-electron chi connectivity index (χ4n) is 0.735. The van der Waals surface area contributed by atoms with E-state index in [9.17, 15) is 4.79 Å². The standard InChI is InChI=1S/C6H9NOS3/c1-2-3-4-7-5(8)10-11-6(7)9/h2-4H2,1H3. The Bertz CT molecular complexity index is 294. The van der Waals surface area contributed by atoms with E-state index in [0.29, 0.717) is 3.95 Å². The van der Waals surface area contributed by atoms with E-state index in [4.69, 9.17) is 12.2 Å². The van der Waals surface area contributed by atoms with Gasteiger partial charge in [0.15, 0.2) is 3.95 Å². The van der Waals surface area contributed by atoms with Crippen molar-refractivity contribution in [1.82, 2.24) is 4.57 Å². The summed E-state index contributed by atoms with van der Waals surface area (Å²) in [6.45, 7) is 2.89. The van der Waals surface area contributed by atoms with Gasteiger partial charge < -0.3 is 0 Å². The summed E-state index contributed by atoms with van der Waals surface area (Å²) in [7, 11) is 2.61. The Morgan fingerprint density at radius 2 is 2.27 bits per heavy atom. The number of hydrogen-bond acceptors (Lipinski definition) is 4. The molecule has 1 heterocycles. The van der Waals surface area contributed by atoms with Gasteiger partial charge in [-0.15, -0.1) is 0 Å². The maximum absolute atomic E-state index is 11.1. The first-order valence-electron chi connectivity index (χ1n) is 3.45. The summed E-state index contributed by atoms with van der Waals surface area (Å²) in [4.78, 5) is 11.2. The second-order valence-corrected chi connectivity index (χ2v) is 4.92. The molecule has 0 bridgehead atoms. The predicted molar refractivity (Wildman–Crippen MR) is 52.2 cm³/mol. The van der Waals surface area contributed by atoms with Crippen molar-refractivity contribution >= 4 is 32.9 Å². The van der Waals surface area contributed by atoms with Crippen LogP contribution in [0, 0.1) is 3.95 Å². The molecule has 0 aliphatic carbocycles. The maximum atomic E-state index is 11.1. The number of hydrogen-bond donors (Lipinski definition) is 0. The van der Waals surface area contributed by atoms with Crippen LogP contribution >= 0.6 is 32.9 Å². The van der Waals surface area contributed by atoms with E-state index in [1.807, 2.05) is 0 Å². The van der Waals surface area contributed by atoms with Crippen molar-refractivity contribution < 1.29 is 0 Å². The van der Waals surface area contributed by atoms with Crippen LogP contribution in [0.5, 0.6) is 0 Å². The lowest BCUT2D eigenvalue weighted by Crippen LogP contribution is -2.12. The highest BCUT2D eigenvalue weighted by molar-refractivity contribution is 7.79. The largest absolute Gasteiger partial charge is 0.318 e. The van der Waals surface area contributed by atoms with Gasteiger partial charge >= 0.3 is 4.87 Å². The normalized spacial score (nSPS) is 10.3. The Labute approximate surface area is 77.5 Å². The Morgan fingerprint density at radius 1 is 1.55 bits per heavy atom. The van der Waals surface area contributed by atoms with E-state index in [2.05, 4.69) is 6.92 Å². The second kappa shape index (κ2) is 4.13. The van der Waals surface area contributed by atoms with Gasteiger partial charge in [-0.2, -0.15) is 0 Å². The third kappa shape index (κ3) is 2.21. The molecule has 62 valence electrons. The fourth-order valence-corrected chi connectivity index (χ4v) is 2.98. The fraction of sp³-hybridized carbons (Fsp3) is 0.667. The van der Waals surface area contributed by atoms with Gasteiger partial charge in [-0.3, -0.25) is 9.36 Å². The van der Waals surface area contributed by atoms with Crippen molar-refractivity contribution in [2.24, 2.45) is 0 Å². The van der Waals surface area contributed by atoms with Gasteiger partial charge in [0, 0.05) is 6.54 Å². The van der Waals surface area contributed by atoms with E-state index in [-0.39, 0.29) is 4.87 Å². The lowest BCUT2D eigenvalue weighted by atomic mass is 10.3. The predicted octanol–water partition coefficient (Wildman–Crippen LogP) is 2.50. The molecule has 0 aliphatic rings. The summed E-state index contributed by atoms with van der Waals surface area (Å²) >= 11 is 4.98. The minimum Gasteiger partial charge on any atom is -0.281 e. The Morgan fingerprint density at radius 3 is 2.73 bits per heavy atom. The average molecular weight is 207 g/mol. The van der Waals surface area contributed by atoms with Crippen LogP contribution in [0.2, 0.25) is 0 Å². The van der Waals surface area contributed by atoms with E-state index in [1.165, 1.54) is 20.7 Å². The molecule has 0 saturated heterocycles. The Balaban J connectivity index is 2.84. The molecule has 0 atom stereocenters. The molecule has 2 nitrogen and oxygen atoms in total. The highest BCUT2D eigenvalue weighted by atomic mass is 32.9. The van der Waals surface area contributed by atoms with Crippen LogP contribution in [0.4, 0.5) is 0 Å². The highest BCUT2D eigenvalue weighted by Crippen LogP contribution is 2.05. The molecule has 0 aromatic carbocycles. The van der Waals surface area contributed by atoms with Gasteiger partial charge in [0.1, 0.15) is 0 Å². The number of aromatic nitrogens is 1. The van der Waals surface area contributed by atoms with Crippen LogP contribution in [0.3, 0.4) is 0 Å². The summed E-state index contributed by atoms with van der Waals surface area (Å²) in [6, 6.07) is 0. The van der Waals surface area contributed by atoms with Crippen LogP contribution < -0.4 is 4.87 Å². The number of nitrogens with zero attached hydrogens (tertiary/aromatic N) is 1. The van der Waals surface area contributed by atoms with Crippen molar-refractivity contribution in [2.45, 2.75) is 26.3 Å². The molecule has 1 aromatic heterocycles. The first kappa shape index (κ1) is 9.09. The van der Waals surface area contributed by atoms with E-state index in [1.54, 1.807) is 4.57 Å². The summed E-state index contributed by atoms with van der Waals surface area (Å²) < 4.78 is 2.39. The molecule has 11 heavy (non-hydrogen) atoms. The molecule has 0 N–H and O–H groups in total. The number of rotatable bonds is 3. The highest BCUT2D eigenvalue weighted by Gasteiger charge is 1.98. The average Bonchev–Trinajstić information content (AvgIpc) is 2.29. The lowest BCUT2D eigenvalue weighted by Gasteiger charge is -1.95. The zero-order chi connectivity index (χ0) is 8.27. The van der Waals surface area contributed by atoms with Crippen molar-refractivity contribution in [3.63, 3.8) is 0 Å². The zero-order valence-electron chi connectivity index (χ0n) is 6.20. The van der Waals surface area contributed by atoms with Crippen LogP contribution in [-0.2, 0) is 6.54 Å². The molecule has 0 unspecified atom stereocenters. The molecule has 0 amide bonds. The first-order chi connectivity index (χ1) is 5.25. The van der Waals surface area contributed by atoms with Gasteiger partial charge in [-0.1, -0.05) is 13.3 Å². The van der Waals surface area contributed by atoms with Gasteiger partial charge in [-0.05, 0) is 39.3 Å². The summed E-state index contributed by atoms with van der Waals surface area (Å²) in [5.74, 6) is 0. The first-order valence-corrected chi connectivity index (χ1v) is 6.01. The SMILES string of the molecule is CCCCn1c(=O)ssc1=S. The Hall–Kier alpha value is -0.0000000000000000555. The topological polar surface area (TPSA) is 22.0 Å². The van der Waals surface area contributed by atoms with Crippen molar-refractivity contribution in [3.8, 4) is 0 Å². The van der Waals surface area contributed by atoms with Gasteiger partial charge in [0.25, 0.3) is 0 Å². The second-order valence-electron chi connectivity index (χ2n) is 2.20. The summed E-state index contributed by atoms with van der Waals surface area (Å²) in [6.07, 6.45) is 2.13. The van der Waals surface area contributed by atoms with Gasteiger partial charge in [0.05, 0.1) is 0 Å². The Kier molecular flexibility index (Phi) is 3.42. The summed E-state index contributed by atoms with van der Waals surface area (Å²) in [5.41, 5.74) is 0. The zero-order valence-corrected chi connectivity index (χ0v) is 8.65. The molecule has 1 rings (SSSR count). The third-order valence-electron chi connectivity index (χ3n) is 1.36. The minimum atomic E-state index is 0.0912. The number of unbranched alkanes of at least 4 members (excludes halogenated alkanes) is 1. The van der Waals surface area contributed by atoms with Crippen LogP contribution in [0.15, 0.2) is 4.79 Å². The van der Waals surface area contributed by atoms with Crippen LogP contribution in [-0.4, -0.2) is 4.57 Å². The molecule has 0 spiro atoms. The molecule has 0 radical (unpaired) electrons. The monoisotopic (exact) mass is 207 g/mol. The molecule has 5 heteroatoms. The van der Waals surface area contributed by atoms with Crippen molar-refractivity contribution in [1.29, 1.82) is 0 Å². The van der Waals surface area contributed by atoms with Crippen molar-refractivity contribution in [3.05, 3.63) is 13.6 Å². The molecular weight excluding hydrogens is 198 g/mol. The quantitative estimate of drug-likeness (QED) is 0.561. The minimum absolute atomic E-state index is 0.0912. The summed E-state index contributed by atoms with van der Waals surface area (Å²) in [5, 5.41) is 0. The van der Waals surface area contributed by atoms with E-state index >= 15 is 0 Å². The molecule has 0 aliphatic heterocycles. The molecule has 0 saturated carbocycles.